The van der Waals surface area contributed by atoms with Crippen molar-refractivity contribution in [2.24, 2.45) is 12.8 Å². The molecule has 3 rings (SSSR count). The van der Waals surface area contributed by atoms with Crippen molar-refractivity contribution in [3.63, 3.8) is 0 Å². The molecule has 0 aliphatic heterocycles. The first-order chi connectivity index (χ1) is 12.7. The molecular weight excluding hydrogens is 404 g/mol. The molecule has 1 atom stereocenters. The van der Waals surface area contributed by atoms with Gasteiger partial charge in [-0.15, -0.1) is 12.4 Å². The van der Waals surface area contributed by atoms with E-state index in [-0.39, 0.29) is 23.2 Å². The fourth-order valence-corrected chi connectivity index (χ4v) is 4.44. The maximum Gasteiger partial charge on any atom is 0.244 e. The zero-order chi connectivity index (χ0) is 19.8. The van der Waals surface area contributed by atoms with Crippen molar-refractivity contribution >= 4 is 22.4 Å². The lowest BCUT2D eigenvalue weighted by Crippen LogP contribution is -2.28. The first-order valence-electron chi connectivity index (χ1n) is 8.38. The van der Waals surface area contributed by atoms with Crippen LogP contribution in [0.2, 0.25) is 0 Å². The number of nitrogens with one attached hydrogen (secondary N) is 1. The largest absolute Gasteiger partial charge is 0.337 e. The maximum atomic E-state index is 12.8. The third kappa shape index (κ3) is 4.25. The van der Waals surface area contributed by atoms with Gasteiger partial charge in [-0.1, -0.05) is 29.4 Å². The van der Waals surface area contributed by atoms with Crippen molar-refractivity contribution < 1.29 is 12.9 Å². The smallest absolute Gasteiger partial charge is 0.244 e. The van der Waals surface area contributed by atoms with Crippen LogP contribution in [-0.2, 0) is 23.6 Å². The number of halogens is 1. The molecule has 1 unspecified atom stereocenters. The Kier molecular flexibility index (Phi) is 6.60. The molecule has 0 spiro atoms. The molecule has 0 fully saturated rings. The summed E-state index contributed by atoms with van der Waals surface area (Å²) >= 11 is 0. The van der Waals surface area contributed by atoms with E-state index in [0.29, 0.717) is 23.8 Å². The lowest BCUT2D eigenvalue weighted by Gasteiger charge is -2.10. The van der Waals surface area contributed by atoms with E-state index in [4.69, 9.17) is 10.3 Å². The fourth-order valence-electron chi connectivity index (χ4n) is 2.80. The molecular formula is C17H23ClN6O3S. The second-order valence-electron chi connectivity index (χ2n) is 6.32. The van der Waals surface area contributed by atoms with Gasteiger partial charge in [0, 0.05) is 19.2 Å². The summed E-state index contributed by atoms with van der Waals surface area (Å²) in [5.74, 6) is 0.559. The Labute approximate surface area is 169 Å². The first kappa shape index (κ1) is 22.0. The van der Waals surface area contributed by atoms with Gasteiger partial charge in [0.2, 0.25) is 21.7 Å². The average Bonchev–Trinajstić information content (AvgIpc) is 3.20. The van der Waals surface area contributed by atoms with Crippen LogP contribution in [0.25, 0.3) is 11.4 Å². The second kappa shape index (κ2) is 8.39. The van der Waals surface area contributed by atoms with E-state index in [9.17, 15) is 8.42 Å². The summed E-state index contributed by atoms with van der Waals surface area (Å²) in [6, 6.07) is 6.75. The van der Waals surface area contributed by atoms with Crippen LogP contribution in [-0.4, -0.2) is 28.3 Å². The van der Waals surface area contributed by atoms with Crippen molar-refractivity contribution in [3.8, 4) is 11.4 Å². The number of aryl methyl sites for hydroxylation is 2. The van der Waals surface area contributed by atoms with Gasteiger partial charge in [0.15, 0.2) is 0 Å². The van der Waals surface area contributed by atoms with Crippen LogP contribution in [0.3, 0.4) is 0 Å². The SMILES string of the molecule is Cc1nn(C)c(C)c1S(=O)(=O)NC(C)c1nc(-c2ccc(CN)cc2)no1.Cl. The average molecular weight is 427 g/mol. The molecule has 0 saturated carbocycles. The zero-order valence-electron chi connectivity index (χ0n) is 16.0. The summed E-state index contributed by atoms with van der Waals surface area (Å²) in [5, 5.41) is 8.09. The van der Waals surface area contributed by atoms with Crippen molar-refractivity contribution in [3.05, 3.63) is 47.1 Å². The van der Waals surface area contributed by atoms with Gasteiger partial charge >= 0.3 is 0 Å². The highest BCUT2D eigenvalue weighted by molar-refractivity contribution is 7.89. The van der Waals surface area contributed by atoms with Gasteiger partial charge in [0.1, 0.15) is 4.90 Å². The van der Waals surface area contributed by atoms with Crippen LogP contribution < -0.4 is 10.5 Å². The van der Waals surface area contributed by atoms with Gasteiger partial charge < -0.3 is 10.3 Å². The molecule has 11 heteroatoms. The number of rotatable bonds is 6. The Bertz CT molecular complexity index is 1060. The van der Waals surface area contributed by atoms with Gasteiger partial charge in [0.25, 0.3) is 0 Å². The monoisotopic (exact) mass is 426 g/mol. The molecule has 0 bridgehead atoms. The number of benzene rings is 1. The van der Waals surface area contributed by atoms with E-state index in [0.717, 1.165) is 11.1 Å². The minimum Gasteiger partial charge on any atom is -0.337 e. The summed E-state index contributed by atoms with van der Waals surface area (Å²) in [6.07, 6.45) is 0. The van der Waals surface area contributed by atoms with Crippen LogP contribution >= 0.6 is 12.4 Å². The zero-order valence-corrected chi connectivity index (χ0v) is 17.6. The molecule has 2 aromatic heterocycles. The van der Waals surface area contributed by atoms with Gasteiger partial charge in [-0.25, -0.2) is 8.42 Å². The van der Waals surface area contributed by atoms with E-state index in [2.05, 4.69) is 20.0 Å². The molecule has 28 heavy (non-hydrogen) atoms. The van der Waals surface area contributed by atoms with Crippen molar-refractivity contribution in [1.29, 1.82) is 0 Å². The lowest BCUT2D eigenvalue weighted by atomic mass is 10.1. The molecule has 0 aliphatic carbocycles. The van der Waals surface area contributed by atoms with Crippen molar-refractivity contribution in [2.75, 3.05) is 0 Å². The topological polar surface area (TPSA) is 129 Å². The van der Waals surface area contributed by atoms with Crippen molar-refractivity contribution in [1.82, 2.24) is 24.6 Å². The third-order valence-electron chi connectivity index (χ3n) is 4.30. The minimum atomic E-state index is -3.79. The molecule has 3 aromatic rings. The molecule has 0 aliphatic rings. The van der Waals surface area contributed by atoms with E-state index < -0.39 is 16.1 Å². The van der Waals surface area contributed by atoms with Crippen LogP contribution in [0, 0.1) is 13.8 Å². The van der Waals surface area contributed by atoms with E-state index in [1.54, 1.807) is 27.8 Å². The predicted octanol–water partition coefficient (Wildman–Crippen LogP) is 2.01. The van der Waals surface area contributed by atoms with Crippen LogP contribution in [0.1, 0.15) is 35.8 Å². The summed E-state index contributed by atoms with van der Waals surface area (Å²) in [4.78, 5) is 4.47. The highest BCUT2D eigenvalue weighted by Gasteiger charge is 2.28. The predicted molar refractivity (Wildman–Crippen MR) is 106 cm³/mol. The quantitative estimate of drug-likeness (QED) is 0.616. The number of hydrogen-bond donors (Lipinski definition) is 2. The molecule has 3 N–H and O–H groups in total. The highest BCUT2D eigenvalue weighted by atomic mass is 35.5. The van der Waals surface area contributed by atoms with E-state index >= 15 is 0 Å². The number of sulfonamides is 1. The summed E-state index contributed by atoms with van der Waals surface area (Å²) in [5.41, 5.74) is 8.33. The minimum absolute atomic E-state index is 0. The third-order valence-corrected chi connectivity index (χ3v) is 6.10. The molecule has 1 aromatic carbocycles. The fraction of sp³-hybridized carbons (Fsp3) is 0.353. The molecule has 9 nitrogen and oxygen atoms in total. The van der Waals surface area contributed by atoms with Crippen LogP contribution in [0.5, 0.6) is 0 Å². The first-order valence-corrected chi connectivity index (χ1v) is 9.86. The summed E-state index contributed by atoms with van der Waals surface area (Å²) < 4.78 is 34.9. The molecule has 152 valence electrons. The van der Waals surface area contributed by atoms with Crippen molar-refractivity contribution in [2.45, 2.75) is 38.3 Å². The molecule has 0 saturated heterocycles. The number of hydrogen-bond acceptors (Lipinski definition) is 7. The number of nitrogens with zero attached hydrogens (tertiary/aromatic N) is 4. The highest BCUT2D eigenvalue weighted by Crippen LogP contribution is 2.23. The Hall–Kier alpha value is -2.27. The molecule has 2 heterocycles. The van der Waals surface area contributed by atoms with Gasteiger partial charge in [-0.05, 0) is 26.3 Å². The Morgan fingerprint density at radius 1 is 1.25 bits per heavy atom. The molecule has 0 amide bonds. The Balaban J connectivity index is 0.00000280. The Morgan fingerprint density at radius 3 is 2.43 bits per heavy atom. The Morgan fingerprint density at radius 2 is 1.89 bits per heavy atom. The van der Waals surface area contributed by atoms with E-state index in [1.807, 2.05) is 24.3 Å². The van der Waals surface area contributed by atoms with Gasteiger partial charge in [-0.3, -0.25) is 4.68 Å². The number of nitrogens with two attached hydrogens (primary N) is 1. The standard InChI is InChI=1S/C17H22N6O3S.ClH/c1-10-15(12(3)23(4)20-10)27(24,25)22-11(2)17-19-16(21-26-17)14-7-5-13(9-18)6-8-14;/h5-8,11,22H,9,18H2,1-4H3;1H. The van der Waals surface area contributed by atoms with Crippen LogP contribution in [0.15, 0.2) is 33.7 Å². The maximum absolute atomic E-state index is 12.8. The number of aromatic nitrogens is 4. The van der Waals surface area contributed by atoms with Gasteiger partial charge in [0.05, 0.1) is 17.4 Å². The van der Waals surface area contributed by atoms with E-state index in [1.165, 1.54) is 4.68 Å². The van der Waals surface area contributed by atoms with Gasteiger partial charge in [-0.2, -0.15) is 14.8 Å². The summed E-state index contributed by atoms with van der Waals surface area (Å²) in [7, 11) is -2.09. The lowest BCUT2D eigenvalue weighted by molar-refractivity contribution is 0.353. The summed E-state index contributed by atoms with van der Waals surface area (Å²) in [6.45, 7) is 5.45. The van der Waals surface area contributed by atoms with Crippen LogP contribution in [0.4, 0.5) is 0 Å². The second-order valence-corrected chi connectivity index (χ2v) is 7.97. The normalized spacial score (nSPS) is 12.6. The molecule has 0 radical (unpaired) electrons.